The summed E-state index contributed by atoms with van der Waals surface area (Å²) in [5, 5.41) is 2.84. The summed E-state index contributed by atoms with van der Waals surface area (Å²) in [6.45, 7) is 2.40. The predicted molar refractivity (Wildman–Crippen MR) is 88.1 cm³/mol. The number of carbonyl (C=O) groups excluding carboxylic acids is 1. The van der Waals surface area contributed by atoms with Gasteiger partial charge < -0.3 is 19.5 Å². The largest absolute Gasteiger partial charge is 0.493 e. The van der Waals surface area contributed by atoms with Crippen LogP contribution in [0.25, 0.3) is 0 Å². The van der Waals surface area contributed by atoms with Crippen LogP contribution in [-0.2, 0) is 11.3 Å². The lowest BCUT2D eigenvalue weighted by molar-refractivity contribution is -0.123. The zero-order valence-corrected chi connectivity index (χ0v) is 13.6. The van der Waals surface area contributed by atoms with E-state index < -0.39 is 0 Å². The molecule has 0 aliphatic heterocycles. The van der Waals surface area contributed by atoms with Crippen molar-refractivity contribution in [3.05, 3.63) is 53.6 Å². The van der Waals surface area contributed by atoms with E-state index in [-0.39, 0.29) is 12.5 Å². The van der Waals surface area contributed by atoms with Gasteiger partial charge >= 0.3 is 0 Å². The minimum absolute atomic E-state index is 0.0879. The summed E-state index contributed by atoms with van der Waals surface area (Å²) in [6.07, 6.45) is 0. The lowest BCUT2D eigenvalue weighted by Gasteiger charge is -2.13. The second-order valence-corrected chi connectivity index (χ2v) is 4.98. The highest BCUT2D eigenvalue weighted by atomic mass is 16.5. The van der Waals surface area contributed by atoms with Crippen LogP contribution in [0.4, 0.5) is 0 Å². The number of amides is 1. The number of carbonyl (C=O) groups is 1. The van der Waals surface area contributed by atoms with E-state index in [1.807, 2.05) is 31.2 Å². The van der Waals surface area contributed by atoms with Crippen LogP contribution in [-0.4, -0.2) is 26.7 Å². The molecule has 0 aliphatic rings. The molecule has 2 aromatic rings. The van der Waals surface area contributed by atoms with Crippen LogP contribution >= 0.6 is 0 Å². The Morgan fingerprint density at radius 2 is 1.74 bits per heavy atom. The van der Waals surface area contributed by atoms with Crippen molar-refractivity contribution in [2.75, 3.05) is 20.8 Å². The smallest absolute Gasteiger partial charge is 0.258 e. The third-order valence-corrected chi connectivity index (χ3v) is 3.46. The van der Waals surface area contributed by atoms with Crippen molar-refractivity contribution in [2.45, 2.75) is 13.5 Å². The van der Waals surface area contributed by atoms with Crippen molar-refractivity contribution in [3.8, 4) is 17.2 Å². The minimum Gasteiger partial charge on any atom is -0.493 e. The van der Waals surface area contributed by atoms with E-state index in [0.29, 0.717) is 23.8 Å². The highest BCUT2D eigenvalue weighted by Crippen LogP contribution is 2.36. The average Bonchev–Trinajstić information content (AvgIpc) is 2.58. The Labute approximate surface area is 136 Å². The molecule has 0 saturated heterocycles. The Kier molecular flexibility index (Phi) is 5.86. The molecule has 0 fully saturated rings. The third kappa shape index (κ3) is 4.39. The molecule has 0 unspecified atom stereocenters. The van der Waals surface area contributed by atoms with Gasteiger partial charge in [-0.3, -0.25) is 4.79 Å². The molecule has 0 aromatic heterocycles. The Morgan fingerprint density at radius 3 is 2.43 bits per heavy atom. The molecular formula is C18H21NO4. The maximum absolute atomic E-state index is 11.9. The van der Waals surface area contributed by atoms with E-state index in [9.17, 15) is 4.79 Å². The van der Waals surface area contributed by atoms with E-state index >= 15 is 0 Å². The van der Waals surface area contributed by atoms with Gasteiger partial charge in [-0.1, -0.05) is 30.3 Å². The summed E-state index contributed by atoms with van der Waals surface area (Å²) in [5.41, 5.74) is 2.22. The van der Waals surface area contributed by atoms with Crippen molar-refractivity contribution in [3.63, 3.8) is 0 Å². The molecule has 2 rings (SSSR count). The summed E-state index contributed by atoms with van der Waals surface area (Å²) in [5.74, 6) is 1.31. The molecule has 122 valence electrons. The lowest BCUT2D eigenvalue weighted by Crippen LogP contribution is -2.28. The Bertz CT molecular complexity index is 670. The van der Waals surface area contributed by atoms with Crippen LogP contribution in [0.5, 0.6) is 17.2 Å². The molecule has 0 aliphatic carbocycles. The van der Waals surface area contributed by atoms with Crippen molar-refractivity contribution >= 4 is 5.91 Å². The first kappa shape index (κ1) is 16.7. The van der Waals surface area contributed by atoms with Gasteiger partial charge in [-0.15, -0.1) is 0 Å². The Hall–Kier alpha value is -2.69. The highest BCUT2D eigenvalue weighted by molar-refractivity contribution is 5.77. The quantitative estimate of drug-likeness (QED) is 0.853. The maximum atomic E-state index is 11.9. The normalized spacial score (nSPS) is 10.0. The number of rotatable bonds is 7. The summed E-state index contributed by atoms with van der Waals surface area (Å²) < 4.78 is 16.0. The van der Waals surface area contributed by atoms with Crippen LogP contribution in [0, 0.1) is 6.92 Å². The second kappa shape index (κ2) is 8.08. The van der Waals surface area contributed by atoms with Gasteiger partial charge in [-0.05, 0) is 30.2 Å². The van der Waals surface area contributed by atoms with Gasteiger partial charge in [0.1, 0.15) is 0 Å². The molecule has 0 heterocycles. The topological polar surface area (TPSA) is 56.8 Å². The molecule has 5 nitrogen and oxygen atoms in total. The molecule has 2 aromatic carbocycles. The van der Waals surface area contributed by atoms with Crippen molar-refractivity contribution in [2.24, 2.45) is 0 Å². The monoisotopic (exact) mass is 315 g/mol. The highest BCUT2D eigenvalue weighted by Gasteiger charge is 2.12. The standard InChI is InChI=1S/C18H21NO4/c1-13-7-4-5-8-14(13)11-19-17(20)12-23-16-10-6-9-15(21-2)18(16)22-3/h4-10H,11-12H2,1-3H3,(H,19,20). The molecule has 0 spiro atoms. The van der Waals surface area contributed by atoms with Gasteiger partial charge in [0.05, 0.1) is 14.2 Å². The maximum Gasteiger partial charge on any atom is 0.258 e. The van der Waals surface area contributed by atoms with Crippen LogP contribution in [0.3, 0.4) is 0 Å². The summed E-state index contributed by atoms with van der Waals surface area (Å²) >= 11 is 0. The first-order chi connectivity index (χ1) is 11.2. The van der Waals surface area contributed by atoms with Gasteiger partial charge in [0.2, 0.25) is 5.75 Å². The van der Waals surface area contributed by atoms with Gasteiger partial charge in [0.15, 0.2) is 18.1 Å². The SMILES string of the molecule is COc1cccc(OCC(=O)NCc2ccccc2C)c1OC. The molecule has 5 heteroatoms. The summed E-state index contributed by atoms with van der Waals surface area (Å²) in [4.78, 5) is 11.9. The van der Waals surface area contributed by atoms with Crippen molar-refractivity contribution < 1.29 is 19.0 Å². The fourth-order valence-corrected chi connectivity index (χ4v) is 2.17. The van der Waals surface area contributed by atoms with E-state index in [0.717, 1.165) is 11.1 Å². The zero-order chi connectivity index (χ0) is 16.7. The predicted octanol–water partition coefficient (Wildman–Crippen LogP) is 2.71. The number of para-hydroxylation sites is 1. The number of hydrogen-bond donors (Lipinski definition) is 1. The molecule has 0 atom stereocenters. The zero-order valence-electron chi connectivity index (χ0n) is 13.6. The number of ether oxygens (including phenoxy) is 3. The minimum atomic E-state index is -0.196. The Morgan fingerprint density at radius 1 is 1.00 bits per heavy atom. The lowest BCUT2D eigenvalue weighted by atomic mass is 10.1. The van der Waals surface area contributed by atoms with Crippen LogP contribution in [0.1, 0.15) is 11.1 Å². The van der Waals surface area contributed by atoms with Gasteiger partial charge in [-0.25, -0.2) is 0 Å². The molecule has 1 amide bonds. The fraction of sp³-hybridized carbons (Fsp3) is 0.278. The molecule has 0 saturated carbocycles. The first-order valence-corrected chi connectivity index (χ1v) is 7.30. The van der Waals surface area contributed by atoms with Crippen LogP contribution in [0.2, 0.25) is 0 Å². The molecule has 0 bridgehead atoms. The number of benzene rings is 2. The molecule has 23 heavy (non-hydrogen) atoms. The Balaban J connectivity index is 1.91. The van der Waals surface area contributed by atoms with Crippen LogP contribution in [0.15, 0.2) is 42.5 Å². The summed E-state index contributed by atoms with van der Waals surface area (Å²) in [7, 11) is 3.08. The molecule has 1 N–H and O–H groups in total. The van der Waals surface area contributed by atoms with Crippen molar-refractivity contribution in [1.82, 2.24) is 5.32 Å². The molecular weight excluding hydrogens is 294 g/mol. The summed E-state index contributed by atoms with van der Waals surface area (Å²) in [6, 6.07) is 13.2. The fourth-order valence-electron chi connectivity index (χ4n) is 2.17. The van der Waals surface area contributed by atoms with E-state index in [1.54, 1.807) is 25.3 Å². The number of hydrogen-bond acceptors (Lipinski definition) is 4. The number of methoxy groups -OCH3 is 2. The van der Waals surface area contributed by atoms with E-state index in [1.165, 1.54) is 7.11 Å². The van der Waals surface area contributed by atoms with Gasteiger partial charge in [0.25, 0.3) is 5.91 Å². The third-order valence-electron chi connectivity index (χ3n) is 3.46. The van der Waals surface area contributed by atoms with E-state index in [4.69, 9.17) is 14.2 Å². The molecule has 0 radical (unpaired) electrons. The van der Waals surface area contributed by atoms with Crippen molar-refractivity contribution in [1.29, 1.82) is 0 Å². The van der Waals surface area contributed by atoms with Gasteiger partial charge in [-0.2, -0.15) is 0 Å². The second-order valence-electron chi connectivity index (χ2n) is 4.98. The number of nitrogens with one attached hydrogen (secondary N) is 1. The first-order valence-electron chi connectivity index (χ1n) is 7.30. The average molecular weight is 315 g/mol. The van der Waals surface area contributed by atoms with Crippen LogP contribution < -0.4 is 19.5 Å². The van der Waals surface area contributed by atoms with Gasteiger partial charge in [0, 0.05) is 6.54 Å². The van der Waals surface area contributed by atoms with E-state index in [2.05, 4.69) is 5.32 Å². The number of aryl methyl sites for hydroxylation is 1.